The Bertz CT molecular complexity index is 929. The van der Waals surface area contributed by atoms with Crippen LogP contribution in [-0.4, -0.2) is 33.4 Å². The van der Waals surface area contributed by atoms with Gasteiger partial charge in [0.1, 0.15) is 4.32 Å². The lowest BCUT2D eigenvalue weighted by Gasteiger charge is -2.14. The van der Waals surface area contributed by atoms with E-state index in [1.54, 1.807) is 4.90 Å². The molecule has 0 saturated carbocycles. The number of hydrogen-bond acceptors (Lipinski definition) is 9. The summed E-state index contributed by atoms with van der Waals surface area (Å²) in [5.41, 5.74) is 4.14. The Morgan fingerprint density at radius 2 is 1.33 bits per heavy atom. The Hall–Kier alpha value is -3.09. The van der Waals surface area contributed by atoms with Gasteiger partial charge in [-0.2, -0.15) is 24.2 Å². The largest absolute Gasteiger partial charge is 0.373 e. The molecular formula is C20H16N2O5S3. The van der Waals surface area contributed by atoms with Crippen LogP contribution in [-0.2, 0) is 24.0 Å². The summed E-state index contributed by atoms with van der Waals surface area (Å²) in [6, 6.07) is 15.6. The van der Waals surface area contributed by atoms with E-state index in [2.05, 4.69) is 22.4 Å². The summed E-state index contributed by atoms with van der Waals surface area (Å²) in [6.45, 7) is 4.05. The first-order valence-electron chi connectivity index (χ1n) is 8.04. The van der Waals surface area contributed by atoms with Crippen molar-refractivity contribution in [1.29, 1.82) is 0 Å². The summed E-state index contributed by atoms with van der Waals surface area (Å²) in [6.07, 6.45) is 0.500. The summed E-state index contributed by atoms with van der Waals surface area (Å²) in [5, 5.41) is 2.31. The molecule has 0 N–H and O–H groups in total. The first-order valence-corrected chi connectivity index (χ1v) is 9.84. The van der Waals surface area contributed by atoms with Crippen molar-refractivity contribution < 1.29 is 24.0 Å². The van der Waals surface area contributed by atoms with Crippen LogP contribution in [0.25, 0.3) is 0 Å². The fourth-order valence-corrected chi connectivity index (χ4v) is 3.17. The van der Waals surface area contributed by atoms with Crippen LogP contribution in [0.3, 0.4) is 0 Å². The molecule has 0 unspecified atom stereocenters. The summed E-state index contributed by atoms with van der Waals surface area (Å²) < 4.78 is 0.652. The van der Waals surface area contributed by atoms with Gasteiger partial charge in [0.2, 0.25) is 5.91 Å². The molecule has 0 radical (unpaired) electrons. The Balaban J connectivity index is 0.000000460. The van der Waals surface area contributed by atoms with Gasteiger partial charge < -0.3 is 0 Å². The second-order valence-electron chi connectivity index (χ2n) is 5.32. The number of amides is 1. The van der Waals surface area contributed by atoms with Crippen LogP contribution in [0.2, 0.25) is 0 Å². The topological polar surface area (TPSA) is 101 Å². The normalized spacial score (nSPS) is 11.1. The number of benzene rings is 2. The molecule has 1 amide bonds. The van der Waals surface area contributed by atoms with Crippen molar-refractivity contribution in [3.05, 3.63) is 59.7 Å². The number of aryl methyl sites for hydroxylation is 2. The molecule has 0 aromatic heterocycles. The standard InChI is InChI=1S/C10H9NOS2.C8H7NS.2CO2/c1-7-2-4-8(5-3-7)11-9(12)6-14-10(11)13;1-7-2-4-8(5-3-7)9-6-10;2*2-1-3/h2-5H,6H2,1H3;2-5H,1H3;;. The molecule has 0 atom stereocenters. The smallest absolute Gasteiger partial charge is 0.273 e. The maximum atomic E-state index is 11.5. The van der Waals surface area contributed by atoms with Crippen molar-refractivity contribution in [2.75, 3.05) is 10.7 Å². The SMILES string of the molecule is Cc1ccc(N2C(=O)CSC2=S)cc1.Cc1ccc(N=C=S)cc1.O=C=O.O=C=O. The van der Waals surface area contributed by atoms with Gasteiger partial charge >= 0.3 is 12.3 Å². The van der Waals surface area contributed by atoms with Crippen LogP contribution in [0, 0.1) is 13.8 Å². The minimum absolute atomic E-state index is 0.0730. The van der Waals surface area contributed by atoms with Crippen LogP contribution in [0.15, 0.2) is 53.5 Å². The fourth-order valence-electron chi connectivity index (χ4n) is 1.97. The van der Waals surface area contributed by atoms with Gasteiger partial charge in [-0.15, -0.1) is 0 Å². The third kappa shape index (κ3) is 10.5. The quantitative estimate of drug-likeness (QED) is 0.491. The molecule has 7 nitrogen and oxygen atoms in total. The number of anilines is 1. The van der Waals surface area contributed by atoms with Crippen LogP contribution < -0.4 is 4.90 Å². The zero-order chi connectivity index (χ0) is 22.9. The van der Waals surface area contributed by atoms with Gasteiger partial charge in [0.25, 0.3) is 0 Å². The van der Waals surface area contributed by atoms with Crippen molar-refractivity contribution in [2.45, 2.75) is 13.8 Å². The molecule has 2 aromatic carbocycles. The number of thioether (sulfide) groups is 1. The average Bonchev–Trinajstić information content (AvgIpc) is 3.05. The van der Waals surface area contributed by atoms with Crippen molar-refractivity contribution in [3.8, 4) is 0 Å². The molecule has 10 heteroatoms. The minimum Gasteiger partial charge on any atom is -0.273 e. The fraction of sp³-hybridized carbons (Fsp3) is 0.150. The zero-order valence-electron chi connectivity index (χ0n) is 16.0. The van der Waals surface area contributed by atoms with Crippen molar-refractivity contribution in [2.24, 2.45) is 4.99 Å². The lowest BCUT2D eigenvalue weighted by Crippen LogP contribution is -2.27. The van der Waals surface area contributed by atoms with Crippen LogP contribution in [0.4, 0.5) is 11.4 Å². The first-order chi connectivity index (χ1) is 14.3. The van der Waals surface area contributed by atoms with E-state index in [0.717, 1.165) is 11.4 Å². The van der Waals surface area contributed by atoms with E-state index >= 15 is 0 Å². The van der Waals surface area contributed by atoms with Crippen LogP contribution in [0.1, 0.15) is 11.1 Å². The average molecular weight is 461 g/mol. The Morgan fingerprint density at radius 1 is 0.900 bits per heavy atom. The number of hydrogen-bond donors (Lipinski definition) is 0. The predicted molar refractivity (Wildman–Crippen MR) is 120 cm³/mol. The number of nitrogens with zero attached hydrogens (tertiary/aromatic N) is 2. The number of rotatable bonds is 2. The molecule has 0 aliphatic carbocycles. The molecule has 1 aliphatic rings. The van der Waals surface area contributed by atoms with Gasteiger partial charge in [0.05, 0.1) is 22.3 Å². The Labute approximate surface area is 188 Å². The lowest BCUT2D eigenvalue weighted by atomic mass is 10.2. The molecule has 0 spiro atoms. The van der Waals surface area contributed by atoms with Gasteiger partial charge in [0, 0.05) is 0 Å². The second-order valence-corrected chi connectivity index (χ2v) is 7.12. The van der Waals surface area contributed by atoms with E-state index in [4.69, 9.17) is 31.4 Å². The number of carbonyl (C=O) groups excluding carboxylic acids is 5. The van der Waals surface area contributed by atoms with Gasteiger partial charge in [-0.1, -0.05) is 59.4 Å². The van der Waals surface area contributed by atoms with Crippen molar-refractivity contribution >= 4 is 75.3 Å². The molecule has 2 aromatic rings. The maximum Gasteiger partial charge on any atom is 0.373 e. The lowest BCUT2D eigenvalue weighted by molar-refractivity contribution is -0.193. The van der Waals surface area contributed by atoms with E-state index in [-0.39, 0.29) is 18.2 Å². The highest BCUT2D eigenvalue weighted by Crippen LogP contribution is 2.26. The molecule has 3 rings (SSSR count). The number of carbonyl (C=O) groups is 1. The molecule has 154 valence electrons. The van der Waals surface area contributed by atoms with Gasteiger partial charge in [-0.05, 0) is 50.3 Å². The van der Waals surface area contributed by atoms with Gasteiger partial charge in [0.15, 0.2) is 0 Å². The van der Waals surface area contributed by atoms with Crippen LogP contribution >= 0.6 is 36.2 Å². The van der Waals surface area contributed by atoms with Gasteiger partial charge in [-0.25, -0.2) is 0 Å². The third-order valence-electron chi connectivity index (χ3n) is 3.25. The summed E-state index contributed by atoms with van der Waals surface area (Å²) in [5.74, 6) is 0.538. The minimum atomic E-state index is 0.0730. The summed E-state index contributed by atoms with van der Waals surface area (Å²) in [4.78, 5) is 49.4. The summed E-state index contributed by atoms with van der Waals surface area (Å²) >= 11 is 11.0. The van der Waals surface area contributed by atoms with E-state index in [0.29, 0.717) is 10.1 Å². The first kappa shape index (κ1) is 26.9. The molecule has 1 heterocycles. The highest BCUT2D eigenvalue weighted by molar-refractivity contribution is 8.24. The van der Waals surface area contributed by atoms with Crippen molar-refractivity contribution in [1.82, 2.24) is 0 Å². The molecule has 30 heavy (non-hydrogen) atoms. The molecule has 1 aliphatic heterocycles. The second kappa shape index (κ2) is 15.8. The zero-order valence-corrected chi connectivity index (χ0v) is 18.4. The van der Waals surface area contributed by atoms with Gasteiger partial charge in [-0.3, -0.25) is 9.69 Å². The summed E-state index contributed by atoms with van der Waals surface area (Å²) in [7, 11) is 0. The molecule has 1 saturated heterocycles. The van der Waals surface area contributed by atoms with Crippen LogP contribution in [0.5, 0.6) is 0 Å². The van der Waals surface area contributed by atoms with E-state index < -0.39 is 0 Å². The maximum absolute atomic E-state index is 11.5. The van der Waals surface area contributed by atoms with E-state index in [1.807, 2.05) is 62.4 Å². The molecule has 1 fully saturated rings. The monoisotopic (exact) mass is 460 g/mol. The van der Waals surface area contributed by atoms with Crippen molar-refractivity contribution in [3.63, 3.8) is 0 Å². The predicted octanol–water partition coefficient (Wildman–Crippen LogP) is 3.92. The highest BCUT2D eigenvalue weighted by atomic mass is 32.2. The number of isothiocyanates is 1. The third-order valence-corrected chi connectivity index (χ3v) is 4.70. The Kier molecular flexibility index (Phi) is 14.2. The number of aliphatic imine (C=N–C) groups is 1. The van der Waals surface area contributed by atoms with E-state index in [9.17, 15) is 4.79 Å². The number of thiocarbonyl (C=S) groups is 2. The highest BCUT2D eigenvalue weighted by Gasteiger charge is 2.27. The molecule has 0 bridgehead atoms. The molecular weight excluding hydrogens is 444 g/mol. The van der Waals surface area contributed by atoms with E-state index in [1.165, 1.54) is 22.9 Å². The Morgan fingerprint density at radius 3 is 1.70 bits per heavy atom.